The van der Waals surface area contributed by atoms with Crippen molar-refractivity contribution in [2.24, 2.45) is 19.5 Å². The van der Waals surface area contributed by atoms with Gasteiger partial charge in [-0.15, -0.1) is 0 Å². The molecule has 1 spiro atoms. The highest BCUT2D eigenvalue weighted by molar-refractivity contribution is 6.36. The number of anilines is 1. The van der Waals surface area contributed by atoms with E-state index in [1.54, 1.807) is 22.7 Å². The van der Waals surface area contributed by atoms with Crippen molar-refractivity contribution < 1.29 is 22.7 Å². The fourth-order valence-corrected chi connectivity index (χ4v) is 5.77. The Balaban J connectivity index is 1.24. The number of amides is 1. The summed E-state index contributed by atoms with van der Waals surface area (Å²) < 4.78 is 47.7. The molecule has 0 aliphatic carbocycles. The zero-order valence-corrected chi connectivity index (χ0v) is 20.5. The van der Waals surface area contributed by atoms with E-state index in [4.69, 9.17) is 16.3 Å². The van der Waals surface area contributed by atoms with Gasteiger partial charge in [-0.3, -0.25) is 14.2 Å². The molecular weight excluding hydrogens is 497 g/mol. The van der Waals surface area contributed by atoms with Crippen LogP contribution in [0.15, 0.2) is 24.3 Å². The van der Waals surface area contributed by atoms with Crippen LogP contribution >= 0.6 is 11.6 Å². The van der Waals surface area contributed by atoms with Gasteiger partial charge >= 0.3 is 6.18 Å². The quantitative estimate of drug-likeness (QED) is 0.528. The SMILES string of the molecule is Cn1nc(C(F)(F)F)cc1-c1c2c(nn1C)CN(C(=O)c1cccc(N3CC4(COC4)C3)c1Cl)CC2. The van der Waals surface area contributed by atoms with Crippen molar-refractivity contribution in [3.8, 4) is 11.4 Å². The van der Waals surface area contributed by atoms with Crippen molar-refractivity contribution in [1.29, 1.82) is 0 Å². The van der Waals surface area contributed by atoms with E-state index in [1.165, 1.54) is 11.7 Å². The van der Waals surface area contributed by atoms with Crippen molar-refractivity contribution >= 4 is 23.2 Å². The van der Waals surface area contributed by atoms with Crippen LogP contribution in [-0.4, -0.2) is 63.2 Å². The number of rotatable bonds is 3. The molecule has 6 rings (SSSR count). The number of alkyl halides is 3. The number of aryl methyl sites for hydroxylation is 2. The molecule has 190 valence electrons. The largest absolute Gasteiger partial charge is 0.435 e. The molecule has 0 N–H and O–H groups in total. The van der Waals surface area contributed by atoms with Gasteiger partial charge in [0.25, 0.3) is 5.91 Å². The number of nitrogens with zero attached hydrogens (tertiary/aromatic N) is 6. The van der Waals surface area contributed by atoms with E-state index < -0.39 is 11.9 Å². The van der Waals surface area contributed by atoms with Crippen LogP contribution in [0.1, 0.15) is 27.3 Å². The molecule has 0 unspecified atom stereocenters. The van der Waals surface area contributed by atoms with Gasteiger partial charge in [0.15, 0.2) is 5.69 Å². The second kappa shape index (κ2) is 7.97. The van der Waals surface area contributed by atoms with Gasteiger partial charge in [-0.1, -0.05) is 17.7 Å². The number of benzene rings is 1. The van der Waals surface area contributed by atoms with Crippen LogP contribution in [0.3, 0.4) is 0 Å². The Kier molecular flexibility index (Phi) is 5.17. The monoisotopic (exact) mass is 520 g/mol. The highest BCUT2D eigenvalue weighted by Gasteiger charge is 2.49. The van der Waals surface area contributed by atoms with E-state index in [9.17, 15) is 18.0 Å². The lowest BCUT2D eigenvalue weighted by Crippen LogP contribution is -2.66. The summed E-state index contributed by atoms with van der Waals surface area (Å²) in [6.45, 7) is 3.89. The molecule has 2 aromatic heterocycles. The predicted octanol–water partition coefficient (Wildman–Crippen LogP) is 3.53. The highest BCUT2D eigenvalue weighted by atomic mass is 35.5. The number of hydrogen-bond donors (Lipinski definition) is 0. The van der Waals surface area contributed by atoms with Crippen molar-refractivity contribution in [2.45, 2.75) is 19.1 Å². The number of aromatic nitrogens is 4. The number of ether oxygens (including phenoxy) is 1. The van der Waals surface area contributed by atoms with Gasteiger partial charge in [0.05, 0.1) is 58.5 Å². The lowest BCUT2D eigenvalue weighted by Gasteiger charge is -2.56. The first-order valence-electron chi connectivity index (χ1n) is 11.6. The average Bonchev–Trinajstić information content (AvgIpc) is 3.30. The molecule has 3 aliphatic heterocycles. The van der Waals surface area contributed by atoms with E-state index in [2.05, 4.69) is 15.1 Å². The molecule has 2 saturated heterocycles. The van der Waals surface area contributed by atoms with Crippen LogP contribution in [-0.2, 0) is 38.0 Å². The topological polar surface area (TPSA) is 68.4 Å². The molecule has 2 fully saturated rings. The molecule has 12 heteroatoms. The van der Waals surface area contributed by atoms with Crippen molar-refractivity contribution in [3.05, 3.63) is 51.8 Å². The Morgan fingerprint density at radius 3 is 2.53 bits per heavy atom. The summed E-state index contributed by atoms with van der Waals surface area (Å²) >= 11 is 6.71. The molecule has 1 aromatic carbocycles. The van der Waals surface area contributed by atoms with Gasteiger partial charge in [0.2, 0.25) is 0 Å². The Morgan fingerprint density at radius 1 is 1.14 bits per heavy atom. The fourth-order valence-electron chi connectivity index (χ4n) is 5.45. The number of halogens is 4. The molecule has 8 nitrogen and oxygen atoms in total. The van der Waals surface area contributed by atoms with Crippen molar-refractivity contribution in [3.63, 3.8) is 0 Å². The normalized spacial score (nSPS) is 18.7. The van der Waals surface area contributed by atoms with E-state index in [-0.39, 0.29) is 17.9 Å². The summed E-state index contributed by atoms with van der Waals surface area (Å²) in [6, 6.07) is 6.53. The van der Waals surface area contributed by atoms with Crippen LogP contribution in [0, 0.1) is 5.41 Å². The average molecular weight is 521 g/mol. The summed E-state index contributed by atoms with van der Waals surface area (Å²) in [5, 5.41) is 8.60. The zero-order valence-electron chi connectivity index (χ0n) is 19.8. The lowest BCUT2D eigenvalue weighted by atomic mass is 9.77. The minimum atomic E-state index is -4.53. The van der Waals surface area contributed by atoms with Crippen LogP contribution in [0.2, 0.25) is 5.02 Å². The van der Waals surface area contributed by atoms with Crippen LogP contribution in [0.5, 0.6) is 0 Å². The molecular formula is C24H24ClF3N6O2. The Hall–Kier alpha value is -3.05. The van der Waals surface area contributed by atoms with Gasteiger partial charge in [-0.2, -0.15) is 23.4 Å². The molecule has 0 saturated carbocycles. The molecule has 0 atom stereocenters. The molecule has 3 aromatic rings. The Labute approximate surface area is 210 Å². The fraction of sp³-hybridized carbons (Fsp3) is 0.458. The van der Waals surface area contributed by atoms with Gasteiger partial charge in [-0.05, 0) is 24.6 Å². The lowest BCUT2D eigenvalue weighted by molar-refractivity contribution is -0.141. The highest BCUT2D eigenvalue weighted by Crippen LogP contribution is 2.43. The standard InChI is InChI=1S/C24H24ClF3N6O2/c1-31-18(8-19(30-31)24(26,27)28)21-14-6-7-33(9-16(14)29-32(21)2)22(35)15-4-3-5-17(20(15)25)34-10-23(11-34)12-36-13-23/h3-5,8H,6-7,9-13H2,1-2H3. The molecule has 0 radical (unpaired) electrons. The number of carbonyl (C=O) groups excluding carboxylic acids is 1. The van der Waals surface area contributed by atoms with Crippen molar-refractivity contribution in [2.75, 3.05) is 37.7 Å². The Bertz CT molecular complexity index is 1370. The summed E-state index contributed by atoms with van der Waals surface area (Å²) in [5.74, 6) is -0.193. The minimum absolute atomic E-state index is 0.193. The van der Waals surface area contributed by atoms with Gasteiger partial charge in [0, 0.05) is 39.3 Å². The molecule has 1 amide bonds. The van der Waals surface area contributed by atoms with E-state index in [0.29, 0.717) is 40.6 Å². The first-order chi connectivity index (χ1) is 17.1. The van der Waals surface area contributed by atoms with E-state index in [0.717, 1.165) is 43.6 Å². The molecule has 0 bridgehead atoms. The number of hydrogen-bond acceptors (Lipinski definition) is 5. The first kappa shape index (κ1) is 23.4. The maximum atomic E-state index is 13.5. The Morgan fingerprint density at radius 2 is 1.89 bits per heavy atom. The van der Waals surface area contributed by atoms with Crippen LogP contribution in [0.25, 0.3) is 11.4 Å². The second-order valence-corrected chi connectivity index (χ2v) is 10.3. The maximum absolute atomic E-state index is 13.5. The van der Waals surface area contributed by atoms with Gasteiger partial charge < -0.3 is 14.5 Å². The third kappa shape index (κ3) is 3.59. The van der Waals surface area contributed by atoms with Gasteiger partial charge in [0.1, 0.15) is 0 Å². The molecule has 5 heterocycles. The van der Waals surface area contributed by atoms with E-state index in [1.807, 2.05) is 12.1 Å². The summed E-state index contributed by atoms with van der Waals surface area (Å²) in [5.41, 5.74) is 2.94. The van der Waals surface area contributed by atoms with Crippen molar-refractivity contribution in [1.82, 2.24) is 24.5 Å². The third-order valence-electron chi connectivity index (χ3n) is 7.32. The number of carbonyl (C=O) groups is 1. The predicted molar refractivity (Wildman–Crippen MR) is 126 cm³/mol. The summed E-state index contributed by atoms with van der Waals surface area (Å²) in [6.07, 6.45) is -4.07. The second-order valence-electron chi connectivity index (χ2n) is 9.90. The molecule has 3 aliphatic rings. The van der Waals surface area contributed by atoms with Gasteiger partial charge in [-0.25, -0.2) is 0 Å². The third-order valence-corrected chi connectivity index (χ3v) is 7.72. The minimum Gasteiger partial charge on any atom is -0.380 e. The number of fused-ring (bicyclic) bond motifs is 1. The van der Waals surface area contributed by atoms with Crippen LogP contribution < -0.4 is 4.90 Å². The maximum Gasteiger partial charge on any atom is 0.435 e. The smallest absolute Gasteiger partial charge is 0.380 e. The summed E-state index contributed by atoms with van der Waals surface area (Å²) in [7, 11) is 3.17. The van der Waals surface area contributed by atoms with E-state index >= 15 is 0 Å². The first-order valence-corrected chi connectivity index (χ1v) is 12.0. The summed E-state index contributed by atoms with van der Waals surface area (Å²) in [4.78, 5) is 17.3. The zero-order chi connectivity index (χ0) is 25.4. The molecule has 36 heavy (non-hydrogen) atoms. The van der Waals surface area contributed by atoms with Crippen LogP contribution in [0.4, 0.5) is 18.9 Å².